The Morgan fingerprint density at radius 1 is 1.18 bits per heavy atom. The first kappa shape index (κ1) is 30.2. The molecule has 0 bridgehead atoms. The van der Waals surface area contributed by atoms with Crippen LogP contribution in [0.15, 0.2) is 22.7 Å². The van der Waals surface area contributed by atoms with Crippen molar-refractivity contribution < 1.29 is 27.9 Å². The van der Waals surface area contributed by atoms with Crippen molar-refractivity contribution in [1.29, 1.82) is 0 Å². The molecule has 4 aliphatic rings. The summed E-state index contributed by atoms with van der Waals surface area (Å²) in [5.41, 5.74) is -2.28. The van der Waals surface area contributed by atoms with Gasteiger partial charge in [-0.15, -0.1) is 0 Å². The van der Waals surface area contributed by atoms with Crippen LogP contribution in [0.1, 0.15) is 68.2 Å². The fourth-order valence-corrected chi connectivity index (χ4v) is 12.6. The predicted octanol–water partition coefficient (Wildman–Crippen LogP) is 7.26. The lowest BCUT2D eigenvalue weighted by molar-refractivity contribution is -0.269. The normalized spacial score (nSPS) is 37.3. The molecule has 0 unspecified atom stereocenters. The number of hydrogen-bond donors (Lipinski definition) is 0. The van der Waals surface area contributed by atoms with Gasteiger partial charge in [-0.25, -0.2) is 4.79 Å². The number of fused-ring (bicyclic) bond motifs is 2. The maximum atomic E-state index is 14.2. The number of halogens is 1. The third-order valence-electron chi connectivity index (χ3n) is 10.8. The lowest BCUT2D eigenvalue weighted by atomic mass is 9.41. The fourth-order valence-electron chi connectivity index (χ4n) is 7.84. The van der Waals surface area contributed by atoms with Crippen molar-refractivity contribution >= 4 is 44.5 Å². The summed E-state index contributed by atoms with van der Waals surface area (Å²) in [5.74, 6) is -0.954. The summed E-state index contributed by atoms with van der Waals surface area (Å²) < 4.78 is 27.0. The summed E-state index contributed by atoms with van der Waals surface area (Å²) in [7, 11) is -4.33. The number of esters is 2. The topological polar surface area (TPSA) is 71.1 Å². The number of carbonyl (C=O) groups excluding carboxylic acids is 2. The van der Waals surface area contributed by atoms with Crippen molar-refractivity contribution in [2.75, 3.05) is 0 Å². The SMILES string of the molecule is CC[Si](CC)(CC)O[C@H](C/C=C\Br)[C@]12C(=O)O[C@H]3C[C@](C)(O[Si](C)(C)C(C)(C)C)[C@H]([C@H]31)[C@@]21C=C(C)C(=O)O1. The largest absolute Gasteiger partial charge is 0.461 e. The van der Waals surface area contributed by atoms with Crippen molar-refractivity contribution in [2.45, 2.75) is 128 Å². The minimum absolute atomic E-state index is 0.0113. The Labute approximate surface area is 239 Å². The highest BCUT2D eigenvalue weighted by Crippen LogP contribution is 2.78. The highest BCUT2D eigenvalue weighted by molar-refractivity contribution is 9.11. The van der Waals surface area contributed by atoms with Gasteiger partial charge >= 0.3 is 11.9 Å². The standard InChI is InChI=1S/C29H47BrO6Si2/c1-11-38(12-2,13-3)35-21(15-14-16-30)29-22-20(33-25(29)32)18-27(8,36-37(9,10)26(5,6)7)23(22)28(29)17-19(4)24(31)34-28/h14,16-17,20-23H,11-13,15,18H2,1-10H3/b16-14-/t20-,21+,22-,23-,27-,28-,29+/m0/s1. The minimum Gasteiger partial charge on any atom is -0.461 e. The highest BCUT2D eigenvalue weighted by Gasteiger charge is 2.91. The van der Waals surface area contributed by atoms with Gasteiger partial charge in [-0.1, -0.05) is 63.5 Å². The van der Waals surface area contributed by atoms with E-state index in [2.05, 4.69) is 77.5 Å². The van der Waals surface area contributed by atoms with Gasteiger partial charge in [0.1, 0.15) is 11.5 Å². The molecule has 2 saturated carbocycles. The molecule has 4 rings (SSSR count). The third kappa shape index (κ3) is 3.96. The Bertz CT molecular complexity index is 1040. The molecule has 2 aliphatic heterocycles. The molecule has 0 radical (unpaired) electrons. The van der Waals surface area contributed by atoms with E-state index >= 15 is 0 Å². The Kier molecular flexibility index (Phi) is 7.69. The maximum absolute atomic E-state index is 14.2. The van der Waals surface area contributed by atoms with Crippen LogP contribution < -0.4 is 0 Å². The molecule has 9 heteroatoms. The van der Waals surface area contributed by atoms with Crippen LogP contribution in [0.5, 0.6) is 0 Å². The zero-order valence-electron chi connectivity index (χ0n) is 24.9. The molecule has 1 saturated heterocycles. The number of carbonyl (C=O) groups is 2. The minimum atomic E-state index is -2.20. The van der Waals surface area contributed by atoms with Crippen LogP contribution in [0.2, 0.25) is 36.3 Å². The van der Waals surface area contributed by atoms with E-state index in [1.807, 2.05) is 17.1 Å². The number of hydrogen-bond acceptors (Lipinski definition) is 6. The van der Waals surface area contributed by atoms with E-state index < -0.39 is 39.4 Å². The summed E-state index contributed by atoms with van der Waals surface area (Å²) in [4.78, 5) is 29.1. The monoisotopic (exact) mass is 626 g/mol. The van der Waals surface area contributed by atoms with E-state index in [-0.39, 0.29) is 34.9 Å². The zero-order valence-corrected chi connectivity index (χ0v) is 28.5. The van der Waals surface area contributed by atoms with E-state index in [0.29, 0.717) is 18.4 Å². The van der Waals surface area contributed by atoms with E-state index in [4.69, 9.17) is 18.3 Å². The van der Waals surface area contributed by atoms with Crippen molar-refractivity contribution in [1.82, 2.24) is 0 Å². The molecule has 0 amide bonds. The number of rotatable bonds is 10. The second-order valence-electron chi connectivity index (χ2n) is 13.7. The second kappa shape index (κ2) is 9.67. The van der Waals surface area contributed by atoms with E-state index in [9.17, 15) is 9.59 Å². The molecule has 0 N–H and O–H groups in total. The molecular formula is C29H47BrO6Si2. The average Bonchev–Trinajstić information content (AvgIpc) is 3.35. The smallest absolute Gasteiger partial charge is 0.334 e. The molecule has 2 aliphatic carbocycles. The lowest BCUT2D eigenvalue weighted by Gasteiger charge is -2.65. The molecule has 7 atom stereocenters. The highest BCUT2D eigenvalue weighted by atomic mass is 79.9. The first-order valence-corrected chi connectivity index (χ1v) is 20.7. The van der Waals surface area contributed by atoms with Crippen LogP contribution in [-0.2, 0) is 27.9 Å². The fraction of sp³-hybridized carbons (Fsp3) is 0.793. The predicted molar refractivity (Wildman–Crippen MR) is 158 cm³/mol. The molecule has 0 aromatic rings. The molecule has 3 fully saturated rings. The van der Waals surface area contributed by atoms with Gasteiger partial charge in [0.15, 0.2) is 22.2 Å². The van der Waals surface area contributed by atoms with Crippen LogP contribution in [0, 0.1) is 17.3 Å². The Morgan fingerprint density at radius 2 is 1.79 bits per heavy atom. The van der Waals surface area contributed by atoms with E-state index in [1.54, 1.807) is 6.92 Å². The molecule has 1 spiro atoms. The van der Waals surface area contributed by atoms with Crippen LogP contribution in [0.3, 0.4) is 0 Å². The summed E-state index contributed by atoms with van der Waals surface area (Å²) in [6, 6.07) is 2.89. The summed E-state index contributed by atoms with van der Waals surface area (Å²) >= 11 is 3.43. The Morgan fingerprint density at radius 3 is 2.26 bits per heavy atom. The van der Waals surface area contributed by atoms with Crippen molar-refractivity contribution in [2.24, 2.45) is 17.3 Å². The number of ether oxygens (including phenoxy) is 2. The van der Waals surface area contributed by atoms with Crippen LogP contribution >= 0.6 is 15.9 Å². The summed E-state index contributed by atoms with van der Waals surface area (Å²) in [6.07, 6.45) is 4.35. The van der Waals surface area contributed by atoms with Gasteiger partial charge in [0.05, 0.1) is 11.7 Å². The van der Waals surface area contributed by atoms with Gasteiger partial charge < -0.3 is 18.3 Å². The second-order valence-corrected chi connectivity index (χ2v) is 23.6. The van der Waals surface area contributed by atoms with E-state index in [0.717, 1.165) is 18.1 Å². The third-order valence-corrected chi connectivity index (χ3v) is 20.4. The Balaban J connectivity index is 1.89. The zero-order chi connectivity index (χ0) is 28.5. The molecule has 6 nitrogen and oxygen atoms in total. The van der Waals surface area contributed by atoms with Gasteiger partial charge in [-0.05, 0) is 67.6 Å². The van der Waals surface area contributed by atoms with Crippen LogP contribution in [0.25, 0.3) is 0 Å². The van der Waals surface area contributed by atoms with Gasteiger partial charge in [0.2, 0.25) is 0 Å². The average molecular weight is 628 g/mol. The van der Waals surface area contributed by atoms with Gasteiger partial charge in [-0.3, -0.25) is 4.79 Å². The molecule has 38 heavy (non-hydrogen) atoms. The molecule has 2 heterocycles. The quantitative estimate of drug-likeness (QED) is 0.188. The molecule has 0 aromatic heterocycles. The van der Waals surface area contributed by atoms with Gasteiger partial charge in [0, 0.05) is 23.8 Å². The molecule has 0 aromatic carbocycles. The van der Waals surface area contributed by atoms with Gasteiger partial charge in [-0.2, -0.15) is 0 Å². The molecule has 214 valence electrons. The summed E-state index contributed by atoms with van der Waals surface area (Å²) in [6.45, 7) is 21.8. The van der Waals surface area contributed by atoms with Crippen molar-refractivity contribution in [3.05, 3.63) is 22.7 Å². The van der Waals surface area contributed by atoms with Crippen molar-refractivity contribution in [3.8, 4) is 0 Å². The first-order valence-electron chi connectivity index (χ1n) is 14.3. The maximum Gasteiger partial charge on any atom is 0.334 e. The van der Waals surface area contributed by atoms with Gasteiger partial charge in [0.25, 0.3) is 0 Å². The van der Waals surface area contributed by atoms with Crippen LogP contribution in [0.4, 0.5) is 0 Å². The lowest BCUT2D eigenvalue weighted by Crippen LogP contribution is -2.79. The summed E-state index contributed by atoms with van der Waals surface area (Å²) in [5, 5.41) is 0.0113. The first-order chi connectivity index (χ1) is 17.5. The molecular weight excluding hydrogens is 580 g/mol. The van der Waals surface area contributed by atoms with E-state index in [1.165, 1.54) is 0 Å². The Hall–Kier alpha value is -0.746. The van der Waals surface area contributed by atoms with Crippen LogP contribution in [-0.4, -0.2) is 52.0 Å². The van der Waals surface area contributed by atoms with Crippen molar-refractivity contribution in [3.63, 3.8) is 0 Å².